The Hall–Kier alpha value is -3.21. The molecular weight excluding hydrogens is 336 g/mol. The summed E-state index contributed by atoms with van der Waals surface area (Å²) in [5.74, 6) is 0.690. The average Bonchev–Trinajstić information content (AvgIpc) is 2.71. The predicted molar refractivity (Wildman–Crippen MR) is 108 cm³/mol. The molecule has 3 aromatic rings. The van der Waals surface area contributed by atoms with Crippen molar-refractivity contribution in [2.45, 2.75) is 19.9 Å². The summed E-state index contributed by atoms with van der Waals surface area (Å²) in [6.45, 7) is 3.39. The van der Waals surface area contributed by atoms with E-state index in [0.29, 0.717) is 24.5 Å². The molecular formula is C22H24N4O. The lowest BCUT2D eigenvalue weighted by Gasteiger charge is -2.17. The van der Waals surface area contributed by atoms with Gasteiger partial charge in [-0.05, 0) is 48.7 Å². The Bertz CT molecular complexity index is 896. The minimum atomic E-state index is -0.00920. The van der Waals surface area contributed by atoms with Crippen LogP contribution < -0.4 is 5.32 Å². The van der Waals surface area contributed by atoms with Gasteiger partial charge in [0.2, 0.25) is 0 Å². The van der Waals surface area contributed by atoms with Crippen molar-refractivity contribution in [3.05, 3.63) is 89.4 Å². The molecule has 0 aliphatic heterocycles. The molecule has 3 rings (SSSR count). The first kappa shape index (κ1) is 18.6. The average molecular weight is 360 g/mol. The van der Waals surface area contributed by atoms with E-state index >= 15 is 0 Å². The quantitative estimate of drug-likeness (QED) is 0.698. The molecule has 138 valence electrons. The van der Waals surface area contributed by atoms with Crippen molar-refractivity contribution >= 4 is 11.7 Å². The normalized spacial score (nSPS) is 10.4. The van der Waals surface area contributed by atoms with Crippen LogP contribution in [0.5, 0.6) is 0 Å². The molecule has 1 N–H and O–H groups in total. The topological polar surface area (TPSA) is 58.1 Å². The predicted octanol–water partition coefficient (Wildman–Crippen LogP) is 3.71. The van der Waals surface area contributed by atoms with Gasteiger partial charge in [0.1, 0.15) is 5.82 Å². The number of carbonyl (C=O) groups excluding carboxylic acids is 1. The second-order valence-electron chi connectivity index (χ2n) is 6.60. The highest BCUT2D eigenvalue weighted by Gasteiger charge is 2.12. The van der Waals surface area contributed by atoms with E-state index in [2.05, 4.69) is 40.4 Å². The first-order valence-electron chi connectivity index (χ1n) is 9.01. The molecule has 1 amide bonds. The molecule has 5 heteroatoms. The third kappa shape index (κ3) is 5.38. The van der Waals surface area contributed by atoms with Gasteiger partial charge < -0.3 is 10.2 Å². The molecule has 27 heavy (non-hydrogen) atoms. The van der Waals surface area contributed by atoms with Gasteiger partial charge >= 0.3 is 0 Å². The molecule has 0 radical (unpaired) electrons. The minimum absolute atomic E-state index is 0.00920. The fourth-order valence-electron chi connectivity index (χ4n) is 2.84. The maximum absolute atomic E-state index is 12.7. The van der Waals surface area contributed by atoms with E-state index in [1.54, 1.807) is 35.6 Å². The third-order valence-corrected chi connectivity index (χ3v) is 4.39. The standard InChI is InChI=1S/C22H24N4O/c1-17-4-3-5-19(14-17)16-25-21-15-20(8-12-24-21)22(27)26(2)13-9-18-6-10-23-11-7-18/h3-8,10-12,14-15H,9,13,16H2,1-2H3,(H,24,25). The number of hydrogen-bond acceptors (Lipinski definition) is 4. The van der Waals surface area contributed by atoms with Crippen molar-refractivity contribution in [1.82, 2.24) is 14.9 Å². The summed E-state index contributed by atoms with van der Waals surface area (Å²) in [6, 6.07) is 15.8. The summed E-state index contributed by atoms with van der Waals surface area (Å²) in [7, 11) is 1.82. The summed E-state index contributed by atoms with van der Waals surface area (Å²) in [5.41, 5.74) is 4.21. The number of hydrogen-bond donors (Lipinski definition) is 1. The highest BCUT2D eigenvalue weighted by atomic mass is 16.2. The molecule has 1 aromatic carbocycles. The van der Waals surface area contributed by atoms with Crippen LogP contribution in [-0.4, -0.2) is 34.4 Å². The van der Waals surface area contributed by atoms with Crippen LogP contribution in [0, 0.1) is 6.92 Å². The van der Waals surface area contributed by atoms with Gasteiger partial charge in [-0.15, -0.1) is 0 Å². The minimum Gasteiger partial charge on any atom is -0.366 e. The molecule has 2 heterocycles. The lowest BCUT2D eigenvalue weighted by molar-refractivity contribution is 0.0796. The highest BCUT2D eigenvalue weighted by molar-refractivity contribution is 5.94. The monoisotopic (exact) mass is 360 g/mol. The fourth-order valence-corrected chi connectivity index (χ4v) is 2.84. The molecule has 0 bridgehead atoms. The van der Waals surface area contributed by atoms with Crippen LogP contribution in [0.2, 0.25) is 0 Å². The Balaban J connectivity index is 1.59. The zero-order valence-corrected chi connectivity index (χ0v) is 15.7. The summed E-state index contributed by atoms with van der Waals surface area (Å²) < 4.78 is 0. The van der Waals surface area contributed by atoms with Crippen molar-refractivity contribution in [2.75, 3.05) is 18.9 Å². The van der Waals surface area contributed by atoms with Crippen LogP contribution >= 0.6 is 0 Å². The summed E-state index contributed by atoms with van der Waals surface area (Å²) >= 11 is 0. The number of amides is 1. The van der Waals surface area contributed by atoms with Crippen molar-refractivity contribution in [3.8, 4) is 0 Å². The smallest absolute Gasteiger partial charge is 0.253 e. The van der Waals surface area contributed by atoms with Gasteiger partial charge in [-0.25, -0.2) is 4.98 Å². The molecule has 0 fully saturated rings. The second kappa shape index (κ2) is 8.94. The number of likely N-dealkylation sites (N-methyl/N-ethyl adjacent to an activating group) is 1. The number of benzene rings is 1. The van der Waals surface area contributed by atoms with E-state index in [0.717, 1.165) is 6.42 Å². The maximum atomic E-state index is 12.7. The number of carbonyl (C=O) groups is 1. The first-order valence-corrected chi connectivity index (χ1v) is 9.01. The van der Waals surface area contributed by atoms with Crippen LogP contribution in [0.1, 0.15) is 27.0 Å². The van der Waals surface area contributed by atoms with Gasteiger partial charge in [-0.1, -0.05) is 29.8 Å². The Kier molecular flexibility index (Phi) is 6.15. The fraction of sp³-hybridized carbons (Fsp3) is 0.227. The molecule has 0 aliphatic carbocycles. The van der Waals surface area contributed by atoms with Crippen LogP contribution in [-0.2, 0) is 13.0 Å². The van der Waals surface area contributed by atoms with Gasteiger partial charge in [0.05, 0.1) is 0 Å². The number of rotatable bonds is 7. The lowest BCUT2D eigenvalue weighted by Crippen LogP contribution is -2.29. The van der Waals surface area contributed by atoms with E-state index in [-0.39, 0.29) is 5.91 Å². The zero-order valence-electron chi connectivity index (χ0n) is 15.7. The zero-order chi connectivity index (χ0) is 19.1. The van der Waals surface area contributed by atoms with Gasteiger partial charge in [0, 0.05) is 44.3 Å². The summed E-state index contributed by atoms with van der Waals surface area (Å²) in [4.78, 5) is 22.8. The van der Waals surface area contributed by atoms with E-state index in [9.17, 15) is 4.79 Å². The van der Waals surface area contributed by atoms with Gasteiger partial charge in [-0.3, -0.25) is 9.78 Å². The van der Waals surface area contributed by atoms with E-state index in [4.69, 9.17) is 0 Å². The number of aryl methyl sites for hydroxylation is 1. The van der Waals surface area contributed by atoms with Crippen LogP contribution in [0.4, 0.5) is 5.82 Å². The van der Waals surface area contributed by atoms with E-state index in [1.165, 1.54) is 16.7 Å². The molecule has 0 atom stereocenters. The molecule has 0 aliphatic rings. The van der Waals surface area contributed by atoms with E-state index in [1.807, 2.05) is 25.2 Å². The molecule has 0 saturated carbocycles. The summed E-state index contributed by atoms with van der Waals surface area (Å²) in [5, 5.41) is 3.29. The SMILES string of the molecule is Cc1cccc(CNc2cc(C(=O)N(C)CCc3ccncc3)ccn2)c1. The van der Waals surface area contributed by atoms with Gasteiger partial charge in [-0.2, -0.15) is 0 Å². The third-order valence-electron chi connectivity index (χ3n) is 4.39. The largest absolute Gasteiger partial charge is 0.366 e. The van der Waals surface area contributed by atoms with Crippen molar-refractivity contribution in [3.63, 3.8) is 0 Å². The second-order valence-corrected chi connectivity index (χ2v) is 6.60. The van der Waals surface area contributed by atoms with Gasteiger partial charge in [0.15, 0.2) is 0 Å². The molecule has 2 aromatic heterocycles. The molecule has 5 nitrogen and oxygen atoms in total. The first-order chi connectivity index (χ1) is 13.1. The highest BCUT2D eigenvalue weighted by Crippen LogP contribution is 2.12. The molecule has 0 unspecified atom stereocenters. The Morgan fingerprint density at radius 3 is 2.63 bits per heavy atom. The number of nitrogens with one attached hydrogen (secondary N) is 1. The molecule has 0 spiro atoms. The van der Waals surface area contributed by atoms with Crippen LogP contribution in [0.25, 0.3) is 0 Å². The Morgan fingerprint density at radius 1 is 1.04 bits per heavy atom. The number of anilines is 1. The summed E-state index contributed by atoms with van der Waals surface area (Å²) in [6.07, 6.45) is 6.01. The number of aromatic nitrogens is 2. The van der Waals surface area contributed by atoms with Crippen molar-refractivity contribution in [1.29, 1.82) is 0 Å². The number of pyridine rings is 2. The Morgan fingerprint density at radius 2 is 1.85 bits per heavy atom. The Labute approximate surface area is 160 Å². The van der Waals surface area contributed by atoms with E-state index < -0.39 is 0 Å². The molecule has 0 saturated heterocycles. The number of nitrogens with zero attached hydrogens (tertiary/aromatic N) is 3. The van der Waals surface area contributed by atoms with Crippen molar-refractivity contribution in [2.24, 2.45) is 0 Å². The van der Waals surface area contributed by atoms with Gasteiger partial charge in [0.25, 0.3) is 5.91 Å². The maximum Gasteiger partial charge on any atom is 0.253 e. The van der Waals surface area contributed by atoms with Crippen molar-refractivity contribution < 1.29 is 4.79 Å². The van der Waals surface area contributed by atoms with Crippen LogP contribution in [0.3, 0.4) is 0 Å². The van der Waals surface area contributed by atoms with Crippen LogP contribution in [0.15, 0.2) is 67.1 Å². The lowest BCUT2D eigenvalue weighted by atomic mass is 10.1.